The summed E-state index contributed by atoms with van der Waals surface area (Å²) in [5, 5.41) is 0.794. The molecule has 0 spiro atoms. The van der Waals surface area contributed by atoms with Gasteiger partial charge in [-0.05, 0) is 18.2 Å². The molecule has 1 aromatic carbocycles. The molecule has 0 atom stereocenters. The van der Waals surface area contributed by atoms with Gasteiger partial charge in [0.25, 0.3) is 0 Å². The second-order valence-corrected chi connectivity index (χ2v) is 4.55. The summed E-state index contributed by atoms with van der Waals surface area (Å²) in [6.07, 6.45) is 1.39. The first-order valence-corrected chi connectivity index (χ1v) is 6.15. The van der Waals surface area contributed by atoms with Gasteiger partial charge < -0.3 is 10.5 Å². The van der Waals surface area contributed by atoms with Crippen molar-refractivity contribution < 1.29 is 9.53 Å². The van der Waals surface area contributed by atoms with Crippen LogP contribution in [0.15, 0.2) is 36.5 Å². The molecule has 2 rings (SSSR count). The van der Waals surface area contributed by atoms with Crippen LogP contribution in [0.5, 0.6) is 0 Å². The van der Waals surface area contributed by atoms with Gasteiger partial charge in [0.05, 0.1) is 21.9 Å². The highest BCUT2D eigenvalue weighted by Crippen LogP contribution is 2.26. The van der Waals surface area contributed by atoms with Crippen molar-refractivity contribution in [3.8, 4) is 0 Å². The number of carbonyl (C=O) groups is 1. The molecule has 98 valence electrons. The summed E-state index contributed by atoms with van der Waals surface area (Å²) in [4.78, 5) is 15.6. The maximum atomic E-state index is 11.7. The van der Waals surface area contributed by atoms with Gasteiger partial charge in [-0.15, -0.1) is 0 Å². The number of nitrogen functional groups attached to an aromatic ring is 1. The largest absolute Gasteiger partial charge is 0.456 e. The number of benzene rings is 1. The SMILES string of the molecule is Nc1ccc(C(=O)OCc2cccc(Cl)c2Cl)nc1. The Bertz CT molecular complexity index is 600. The van der Waals surface area contributed by atoms with Crippen LogP contribution in [-0.4, -0.2) is 11.0 Å². The van der Waals surface area contributed by atoms with E-state index in [0.29, 0.717) is 21.3 Å². The fraction of sp³-hybridized carbons (Fsp3) is 0.0769. The van der Waals surface area contributed by atoms with Gasteiger partial charge in [0.15, 0.2) is 0 Å². The number of aromatic nitrogens is 1. The maximum absolute atomic E-state index is 11.7. The van der Waals surface area contributed by atoms with E-state index < -0.39 is 5.97 Å². The molecule has 0 radical (unpaired) electrons. The zero-order valence-electron chi connectivity index (χ0n) is 9.77. The summed E-state index contributed by atoms with van der Waals surface area (Å²) >= 11 is 11.9. The Hall–Kier alpha value is -1.78. The van der Waals surface area contributed by atoms with Gasteiger partial charge >= 0.3 is 5.97 Å². The van der Waals surface area contributed by atoms with Gasteiger partial charge in [-0.3, -0.25) is 0 Å². The number of hydrogen-bond acceptors (Lipinski definition) is 4. The van der Waals surface area contributed by atoms with Crippen LogP contribution in [0.3, 0.4) is 0 Å². The summed E-state index contributed by atoms with van der Waals surface area (Å²) < 4.78 is 5.10. The quantitative estimate of drug-likeness (QED) is 0.882. The standard InChI is InChI=1S/C13H10Cl2N2O2/c14-10-3-1-2-8(12(10)15)7-19-13(18)11-5-4-9(16)6-17-11/h1-6H,7,16H2. The van der Waals surface area contributed by atoms with Crippen molar-refractivity contribution in [2.24, 2.45) is 0 Å². The predicted molar refractivity (Wildman–Crippen MR) is 74.2 cm³/mol. The molecule has 0 aliphatic carbocycles. The first-order chi connectivity index (χ1) is 9.08. The number of hydrogen-bond donors (Lipinski definition) is 1. The van der Waals surface area contributed by atoms with Crippen molar-refractivity contribution in [2.45, 2.75) is 6.61 Å². The summed E-state index contributed by atoms with van der Waals surface area (Å²) in [5.41, 5.74) is 6.79. The fourth-order valence-corrected chi connectivity index (χ4v) is 1.78. The molecule has 6 heteroatoms. The molecule has 0 amide bonds. The van der Waals surface area contributed by atoms with E-state index in [9.17, 15) is 4.79 Å². The van der Waals surface area contributed by atoms with E-state index in [0.717, 1.165) is 0 Å². The second kappa shape index (κ2) is 5.91. The molecule has 2 aromatic rings. The number of pyridine rings is 1. The summed E-state index contributed by atoms with van der Waals surface area (Å²) in [5.74, 6) is -0.545. The lowest BCUT2D eigenvalue weighted by Crippen LogP contribution is -2.07. The minimum atomic E-state index is -0.545. The van der Waals surface area contributed by atoms with Gasteiger partial charge in [-0.25, -0.2) is 9.78 Å². The highest BCUT2D eigenvalue weighted by molar-refractivity contribution is 6.42. The normalized spacial score (nSPS) is 10.2. The zero-order chi connectivity index (χ0) is 13.8. The zero-order valence-corrected chi connectivity index (χ0v) is 11.3. The smallest absolute Gasteiger partial charge is 0.357 e. The number of carbonyl (C=O) groups excluding carboxylic acids is 1. The minimum Gasteiger partial charge on any atom is -0.456 e. The van der Waals surface area contributed by atoms with E-state index in [1.165, 1.54) is 12.3 Å². The third-order valence-electron chi connectivity index (χ3n) is 2.39. The third kappa shape index (κ3) is 3.36. The minimum absolute atomic E-state index is 0.0320. The van der Waals surface area contributed by atoms with Crippen LogP contribution < -0.4 is 5.73 Å². The third-order valence-corrected chi connectivity index (χ3v) is 3.24. The Morgan fingerprint density at radius 2 is 2.05 bits per heavy atom. The van der Waals surface area contributed by atoms with E-state index in [1.54, 1.807) is 24.3 Å². The maximum Gasteiger partial charge on any atom is 0.357 e. The van der Waals surface area contributed by atoms with Crippen molar-refractivity contribution in [3.05, 3.63) is 57.8 Å². The summed E-state index contributed by atoms with van der Waals surface area (Å²) in [6, 6.07) is 8.21. The molecule has 0 saturated heterocycles. The van der Waals surface area contributed by atoms with Crippen LogP contribution in [0, 0.1) is 0 Å². The number of halogens is 2. The molecular formula is C13H10Cl2N2O2. The van der Waals surface area contributed by atoms with Crippen LogP contribution in [-0.2, 0) is 11.3 Å². The topological polar surface area (TPSA) is 65.2 Å². The van der Waals surface area contributed by atoms with E-state index in [4.69, 9.17) is 33.7 Å². The molecule has 19 heavy (non-hydrogen) atoms. The molecule has 2 N–H and O–H groups in total. The first kappa shape index (κ1) is 13.6. The van der Waals surface area contributed by atoms with Crippen molar-refractivity contribution in [1.29, 1.82) is 0 Å². The highest BCUT2D eigenvalue weighted by atomic mass is 35.5. The lowest BCUT2D eigenvalue weighted by Gasteiger charge is -2.07. The molecule has 0 aliphatic heterocycles. The molecular weight excluding hydrogens is 287 g/mol. The van der Waals surface area contributed by atoms with Gasteiger partial charge in [0.2, 0.25) is 0 Å². The lowest BCUT2D eigenvalue weighted by molar-refractivity contribution is 0.0466. The average molecular weight is 297 g/mol. The Labute approximate surface area is 120 Å². The molecule has 4 nitrogen and oxygen atoms in total. The number of anilines is 1. The monoisotopic (exact) mass is 296 g/mol. The van der Waals surface area contributed by atoms with E-state index >= 15 is 0 Å². The lowest BCUT2D eigenvalue weighted by atomic mass is 10.2. The number of esters is 1. The van der Waals surface area contributed by atoms with Crippen molar-refractivity contribution >= 4 is 34.9 Å². The fourth-order valence-electron chi connectivity index (χ4n) is 1.40. The van der Waals surface area contributed by atoms with Gasteiger partial charge in [0.1, 0.15) is 12.3 Å². The number of nitrogens with zero attached hydrogens (tertiary/aromatic N) is 1. The Balaban J connectivity index is 2.04. The average Bonchev–Trinajstić information content (AvgIpc) is 2.41. The molecule has 0 unspecified atom stereocenters. The van der Waals surface area contributed by atoms with Crippen LogP contribution >= 0.6 is 23.2 Å². The molecule has 1 heterocycles. The molecule has 0 bridgehead atoms. The number of ether oxygens (including phenoxy) is 1. The molecule has 0 fully saturated rings. The molecule has 0 aliphatic rings. The highest BCUT2D eigenvalue weighted by Gasteiger charge is 2.11. The summed E-state index contributed by atoms with van der Waals surface area (Å²) in [7, 11) is 0. The summed E-state index contributed by atoms with van der Waals surface area (Å²) in [6.45, 7) is 0.0320. The van der Waals surface area contributed by atoms with Crippen molar-refractivity contribution in [2.75, 3.05) is 5.73 Å². The van der Waals surface area contributed by atoms with E-state index in [2.05, 4.69) is 4.98 Å². The van der Waals surface area contributed by atoms with Gasteiger partial charge in [-0.1, -0.05) is 35.3 Å². The first-order valence-electron chi connectivity index (χ1n) is 5.39. The van der Waals surface area contributed by atoms with Crippen LogP contribution in [0.25, 0.3) is 0 Å². The predicted octanol–water partition coefficient (Wildman–Crippen LogP) is 3.33. The van der Waals surface area contributed by atoms with Crippen molar-refractivity contribution in [1.82, 2.24) is 4.98 Å². The second-order valence-electron chi connectivity index (χ2n) is 3.77. The Kier molecular flexibility index (Phi) is 4.24. The van der Waals surface area contributed by atoms with Crippen LogP contribution in [0.2, 0.25) is 10.0 Å². The van der Waals surface area contributed by atoms with Crippen molar-refractivity contribution in [3.63, 3.8) is 0 Å². The van der Waals surface area contributed by atoms with Crippen LogP contribution in [0.4, 0.5) is 5.69 Å². The Morgan fingerprint density at radius 1 is 1.26 bits per heavy atom. The molecule has 0 saturated carbocycles. The van der Waals surface area contributed by atoms with Gasteiger partial charge in [-0.2, -0.15) is 0 Å². The van der Waals surface area contributed by atoms with Crippen LogP contribution in [0.1, 0.15) is 16.1 Å². The number of nitrogens with two attached hydrogens (primary N) is 1. The number of rotatable bonds is 3. The Morgan fingerprint density at radius 3 is 2.74 bits per heavy atom. The van der Waals surface area contributed by atoms with E-state index in [1.807, 2.05) is 0 Å². The van der Waals surface area contributed by atoms with Gasteiger partial charge in [0, 0.05) is 5.56 Å². The van der Waals surface area contributed by atoms with E-state index in [-0.39, 0.29) is 12.3 Å². The molecule has 1 aromatic heterocycles.